The summed E-state index contributed by atoms with van der Waals surface area (Å²) < 4.78 is 67.9. The van der Waals surface area contributed by atoms with Crippen molar-refractivity contribution in [1.82, 2.24) is 39.9 Å². The highest BCUT2D eigenvalue weighted by molar-refractivity contribution is 7.94. The van der Waals surface area contributed by atoms with Crippen molar-refractivity contribution in [2.75, 3.05) is 22.9 Å². The standard InChI is InChI=1S/C42H22N4O8S2.C42H22N4O2.C18H10O3.C6H10N4/c47-53-54-55-23-11-7-21(8-12-23)51-35-17-15-29-37-25(35)3-1-5-27(37)39-41(29)45-33-20-32-34(19-31(33)43-39)46-42-30-16-18-36(26-4-2-6-28(38(26)30)40(42)44-32)52-22-9-13-24(14-10-22)56(48,49)50;1-3-9-23(10-4-1)47-35-19-17-29-37-25(35)13-7-15-27(37)39-41(29)45-33-22-32-34(21-31(33)43-39)46-42-30-18-20-36(48-24-11-5-2-6-12-24)26-14-8-16-28(38(26)30)40(42)44-32;19-17-13-8-4-7-12-15(21-11-5-2-1-3-6-11)10-9-14(16(12)13)18(17)20;7-3-1-4(8)6(10)2-5(3)9/h1-20,47H,(H,48,49,50);1-22H;1-10H;1-2H,7-10H2. The second kappa shape index (κ2) is 31.9. The number of nitrogens with zero attached hydrogens (tertiary/aromatic N) is 8. The minimum atomic E-state index is -4.32. The van der Waals surface area contributed by atoms with Crippen molar-refractivity contribution in [3.8, 4) is 148 Å². The number of para-hydroxylation sites is 3. The van der Waals surface area contributed by atoms with Crippen molar-refractivity contribution >= 4 is 154 Å². The molecule has 0 unspecified atom stereocenters. The summed E-state index contributed by atoms with van der Waals surface area (Å²) in [7, 11) is -4.32. The predicted molar refractivity (Wildman–Crippen MR) is 523 cm³/mol. The highest BCUT2D eigenvalue weighted by atomic mass is 32.2. The zero-order valence-electron chi connectivity index (χ0n) is 70.3. The highest BCUT2D eigenvalue weighted by Gasteiger charge is 2.35. The number of aromatic nitrogens is 8. The van der Waals surface area contributed by atoms with Gasteiger partial charge < -0.3 is 46.6 Å². The monoisotopic (exact) mass is 1800 g/mol. The minimum absolute atomic E-state index is 0.211. The minimum Gasteiger partial charge on any atom is -0.457 e. The fraction of sp³-hybridized carbons (Fsp3) is 0. The number of ketones is 2. The summed E-state index contributed by atoms with van der Waals surface area (Å²) in [4.78, 5) is 65.8. The van der Waals surface area contributed by atoms with Gasteiger partial charge in [0.1, 0.15) is 57.5 Å². The molecule has 25 nitrogen and oxygen atoms in total. The number of rotatable bonds is 14. The van der Waals surface area contributed by atoms with Gasteiger partial charge in [-0.05, 0) is 182 Å². The van der Waals surface area contributed by atoms with Gasteiger partial charge in [-0.2, -0.15) is 8.42 Å². The second-order valence-corrected chi connectivity index (χ2v) is 34.6. The summed E-state index contributed by atoms with van der Waals surface area (Å²) >= 11 is 0.876. The molecule has 0 aliphatic heterocycles. The van der Waals surface area contributed by atoms with Gasteiger partial charge in [0.05, 0.1) is 129 Å². The Hall–Kier alpha value is -17.7. The van der Waals surface area contributed by atoms with Gasteiger partial charge in [-0.25, -0.2) is 45.1 Å². The van der Waals surface area contributed by atoms with Crippen molar-refractivity contribution in [1.29, 1.82) is 0 Å². The molecular weight excluding hydrogens is 1740 g/mol. The van der Waals surface area contributed by atoms with E-state index in [-0.39, 0.29) is 4.90 Å². The Kier molecular flexibility index (Phi) is 19.0. The molecular formula is C108H64N12O13S2. The Bertz CT molecular complexity index is 8600. The SMILES string of the molecule is Nc1cc(N)c(N)cc1N.O=C1C(=O)c2ccc(Oc3ccccc3)c3cccc1c23.O=S(=O)(O)c1ccc(Oc2ccc3c4c(cccc24)-c2nc4cc5nc6c(nc5cc4nc2-3)-c2cccc3c(Oc4ccc(SOOO)cc4)ccc-6c23)cc1.c1ccc(Oc2ccc3c4c(cccc24)-c2nc4cc5nc6c(nc5cc4nc2-3)-c2cccc3c(Oc4ccccc4)ccc-6c23)cc1. The molecule has 646 valence electrons. The van der Waals surface area contributed by atoms with Gasteiger partial charge in [0.25, 0.3) is 10.1 Å². The van der Waals surface area contributed by atoms with Gasteiger partial charge in [-0.3, -0.25) is 14.1 Å². The van der Waals surface area contributed by atoms with Crippen LogP contribution in [0.2, 0.25) is 0 Å². The summed E-state index contributed by atoms with van der Waals surface area (Å²) in [6.45, 7) is 0. The lowest BCUT2D eigenvalue weighted by molar-refractivity contribution is -0.432. The van der Waals surface area contributed by atoms with E-state index in [1.165, 1.54) is 24.3 Å². The molecule has 0 saturated carbocycles. The van der Waals surface area contributed by atoms with Crippen LogP contribution in [0.15, 0.2) is 337 Å². The lowest BCUT2D eigenvalue weighted by Gasteiger charge is -2.11. The smallest absolute Gasteiger partial charge is 0.294 e. The van der Waals surface area contributed by atoms with Crippen LogP contribution in [-0.4, -0.2) is 69.7 Å². The van der Waals surface area contributed by atoms with E-state index in [1.807, 2.05) is 200 Å². The Morgan fingerprint density at radius 1 is 0.252 bits per heavy atom. The fourth-order valence-electron chi connectivity index (χ4n) is 18.3. The van der Waals surface area contributed by atoms with Crippen LogP contribution >= 0.6 is 12.0 Å². The van der Waals surface area contributed by atoms with Crippen LogP contribution in [0.5, 0.6) is 57.5 Å². The number of nitrogen functional groups attached to an aromatic ring is 4. The molecule has 0 saturated heterocycles. The van der Waals surface area contributed by atoms with E-state index in [4.69, 9.17) is 91.7 Å². The number of ether oxygens (including phenoxy) is 5. The first-order valence-electron chi connectivity index (χ1n) is 42.5. The summed E-state index contributed by atoms with van der Waals surface area (Å²) in [6, 6.07) is 102. The van der Waals surface area contributed by atoms with Crippen LogP contribution in [0.1, 0.15) is 20.7 Å². The van der Waals surface area contributed by atoms with E-state index in [0.717, 1.165) is 201 Å². The maximum absolute atomic E-state index is 12.0. The Labute approximate surface area is 769 Å². The Balaban J connectivity index is 0.000000113. The number of fused-ring (bicyclic) bond motifs is 16. The quantitative estimate of drug-likeness (QED) is 0.0112. The number of benzene rings is 18. The van der Waals surface area contributed by atoms with Gasteiger partial charge in [-0.15, -0.1) is 4.33 Å². The molecule has 135 heavy (non-hydrogen) atoms. The van der Waals surface area contributed by atoms with Crippen LogP contribution in [0.3, 0.4) is 0 Å². The van der Waals surface area contributed by atoms with Crippen LogP contribution in [-0.2, 0) is 19.5 Å². The molecule has 27 rings (SSSR count). The number of hydrogen-bond donors (Lipinski definition) is 6. The predicted octanol–water partition coefficient (Wildman–Crippen LogP) is 25.2. The first-order chi connectivity index (χ1) is 65.9. The molecule has 0 atom stereocenters. The first-order valence-corrected chi connectivity index (χ1v) is 44.7. The number of carbonyl (C=O) groups excluding carboxylic acids is 2. The first kappa shape index (κ1) is 80.6. The lowest BCUT2D eigenvalue weighted by Crippen LogP contribution is -2.05. The van der Waals surface area contributed by atoms with E-state index in [1.54, 1.807) is 48.5 Å². The Morgan fingerprint density at radius 2 is 0.481 bits per heavy atom. The molecule has 0 spiro atoms. The molecule has 0 amide bonds. The van der Waals surface area contributed by atoms with Crippen molar-refractivity contribution in [3.05, 3.63) is 339 Å². The van der Waals surface area contributed by atoms with E-state index >= 15 is 0 Å². The largest absolute Gasteiger partial charge is 0.457 e. The fourth-order valence-corrected chi connectivity index (χ4v) is 19.2. The maximum atomic E-state index is 12.0. The highest BCUT2D eigenvalue weighted by Crippen LogP contribution is 2.55. The number of anilines is 4. The van der Waals surface area contributed by atoms with Crippen molar-refractivity contribution in [2.45, 2.75) is 9.79 Å². The van der Waals surface area contributed by atoms with Gasteiger partial charge in [0.15, 0.2) is 0 Å². The number of Topliss-reactive ketones (excluding diaryl/α,β-unsaturated/α-hetero) is 2. The molecule has 4 heterocycles. The van der Waals surface area contributed by atoms with Crippen LogP contribution in [0.4, 0.5) is 22.7 Å². The lowest BCUT2D eigenvalue weighted by atomic mass is 10.0. The van der Waals surface area contributed by atoms with E-state index in [2.05, 4.69) is 64.0 Å². The number of carbonyl (C=O) groups is 2. The molecule has 5 aliphatic rings. The van der Waals surface area contributed by atoms with Crippen LogP contribution < -0.4 is 46.6 Å². The normalized spacial score (nSPS) is 12.2. The molecule has 0 fully saturated rings. The van der Waals surface area contributed by atoms with Crippen molar-refractivity contribution < 1.29 is 60.9 Å². The number of nitrogens with two attached hydrogens (primary N) is 4. The zero-order valence-corrected chi connectivity index (χ0v) is 71.9. The Morgan fingerprint density at radius 3 is 0.748 bits per heavy atom. The van der Waals surface area contributed by atoms with Gasteiger partial charge in [0, 0.05) is 114 Å². The van der Waals surface area contributed by atoms with Gasteiger partial charge in [-0.1, -0.05) is 151 Å². The molecule has 0 radical (unpaired) electrons. The molecule has 5 aliphatic carbocycles. The summed E-state index contributed by atoms with van der Waals surface area (Å²) in [5, 5.41) is 21.6. The third kappa shape index (κ3) is 13.8. The molecule has 10 N–H and O–H groups in total. The molecule has 27 heteroatoms. The average Bonchev–Trinajstić information content (AvgIpc) is 1.56. The van der Waals surface area contributed by atoms with Crippen LogP contribution in [0.25, 0.3) is 188 Å². The molecule has 18 aromatic carbocycles. The second-order valence-electron chi connectivity index (χ2n) is 32.4. The van der Waals surface area contributed by atoms with Gasteiger partial charge in [0.2, 0.25) is 11.6 Å². The van der Waals surface area contributed by atoms with Crippen LogP contribution in [0, 0.1) is 0 Å². The summed E-state index contributed by atoms with van der Waals surface area (Å²) in [5.41, 5.74) is 45.0. The number of hydrogen-bond acceptors (Lipinski definition) is 25. The maximum Gasteiger partial charge on any atom is 0.294 e. The van der Waals surface area contributed by atoms with Crippen molar-refractivity contribution in [3.63, 3.8) is 0 Å². The van der Waals surface area contributed by atoms with Crippen molar-refractivity contribution in [2.24, 2.45) is 0 Å². The third-order valence-corrected chi connectivity index (χ3v) is 25.9. The van der Waals surface area contributed by atoms with E-state index in [9.17, 15) is 22.6 Å². The van der Waals surface area contributed by atoms with E-state index < -0.39 is 21.7 Å². The summed E-state index contributed by atoms with van der Waals surface area (Å²) in [5.74, 6) is 6.03. The van der Waals surface area contributed by atoms with E-state index in [0.29, 0.717) is 95.8 Å². The topological polar surface area (TPSA) is 381 Å². The molecule has 22 aromatic rings. The summed E-state index contributed by atoms with van der Waals surface area (Å²) in [6.07, 6.45) is 0. The average molecular weight is 1800 g/mol. The zero-order chi connectivity index (χ0) is 91.2. The van der Waals surface area contributed by atoms with Gasteiger partial charge >= 0.3 is 0 Å². The third-order valence-electron chi connectivity index (χ3n) is 24.4. The molecule has 0 bridgehead atoms. The molecule has 4 aromatic heterocycles.